The van der Waals surface area contributed by atoms with Crippen molar-refractivity contribution in [3.05, 3.63) is 43.0 Å². The van der Waals surface area contributed by atoms with E-state index in [1.54, 1.807) is 26.4 Å². The van der Waals surface area contributed by atoms with Crippen LogP contribution in [0.4, 0.5) is 0 Å². The maximum atomic E-state index is 12.6. The summed E-state index contributed by atoms with van der Waals surface area (Å²) in [5.41, 5.74) is 0.207. The summed E-state index contributed by atoms with van der Waals surface area (Å²) in [5.74, 6) is -0.900. The lowest BCUT2D eigenvalue weighted by Crippen LogP contribution is -2.45. The number of aromatic nitrogens is 6. The Balaban J connectivity index is 1.21. The second kappa shape index (κ2) is 9.66. The van der Waals surface area contributed by atoms with Crippen molar-refractivity contribution >= 4 is 11.9 Å². The van der Waals surface area contributed by atoms with Crippen LogP contribution in [0.1, 0.15) is 32.7 Å². The Morgan fingerprint density at radius 1 is 1.17 bits per heavy atom. The van der Waals surface area contributed by atoms with Crippen molar-refractivity contribution in [1.29, 1.82) is 0 Å². The molecule has 2 aliphatic rings. The molecular weight excluding hydrogens is 470 g/mol. The molecule has 1 amide bonds. The van der Waals surface area contributed by atoms with E-state index in [-0.39, 0.29) is 56.2 Å². The van der Waals surface area contributed by atoms with Crippen LogP contribution in [0, 0.1) is 5.41 Å². The van der Waals surface area contributed by atoms with Gasteiger partial charge in [0.25, 0.3) is 0 Å². The third-order valence-electron chi connectivity index (χ3n) is 6.26. The SMILES string of the molecule is CC(C)(CC(=O)[O-])CC(=O)N[C@H]1CO[C@H]2[C@@H]1OC[C@@H]2n1nnnc1Oc1ccc(-n2ccnc2)cc1. The van der Waals surface area contributed by atoms with Gasteiger partial charge in [-0.15, -0.1) is 0 Å². The smallest absolute Gasteiger partial charge is 0.341 e. The van der Waals surface area contributed by atoms with Gasteiger partial charge in [-0.2, -0.15) is 4.68 Å². The first-order valence-electron chi connectivity index (χ1n) is 11.6. The van der Waals surface area contributed by atoms with Crippen LogP contribution in [-0.2, 0) is 19.1 Å². The Hall–Kier alpha value is -3.84. The highest BCUT2D eigenvalue weighted by Gasteiger charge is 2.50. The quantitative estimate of drug-likeness (QED) is 0.428. The highest BCUT2D eigenvalue weighted by Crippen LogP contribution is 2.36. The van der Waals surface area contributed by atoms with Crippen LogP contribution >= 0.6 is 0 Å². The Morgan fingerprint density at radius 3 is 2.67 bits per heavy atom. The summed E-state index contributed by atoms with van der Waals surface area (Å²) in [5, 5.41) is 25.7. The third-order valence-corrected chi connectivity index (χ3v) is 6.26. The molecule has 2 aliphatic heterocycles. The molecule has 0 unspecified atom stereocenters. The maximum absolute atomic E-state index is 12.6. The number of nitrogens with zero attached hydrogens (tertiary/aromatic N) is 6. The highest BCUT2D eigenvalue weighted by molar-refractivity contribution is 5.78. The van der Waals surface area contributed by atoms with Crippen molar-refractivity contribution in [2.24, 2.45) is 5.41 Å². The van der Waals surface area contributed by atoms with Crippen LogP contribution in [0.3, 0.4) is 0 Å². The highest BCUT2D eigenvalue weighted by atomic mass is 16.6. The van der Waals surface area contributed by atoms with Gasteiger partial charge in [0, 0.05) is 30.5 Å². The van der Waals surface area contributed by atoms with E-state index in [4.69, 9.17) is 14.2 Å². The van der Waals surface area contributed by atoms with E-state index in [0.29, 0.717) is 5.75 Å². The van der Waals surface area contributed by atoms with Gasteiger partial charge in [-0.05, 0) is 46.5 Å². The number of carboxylic acids is 1. The molecule has 13 heteroatoms. The molecule has 4 heterocycles. The molecule has 0 radical (unpaired) electrons. The van der Waals surface area contributed by atoms with Gasteiger partial charge in [0.05, 0.1) is 25.6 Å². The summed E-state index contributed by atoms with van der Waals surface area (Å²) in [6, 6.07) is 6.87. The van der Waals surface area contributed by atoms with E-state index in [2.05, 4.69) is 25.8 Å². The monoisotopic (exact) mass is 496 g/mol. The number of hydrogen-bond donors (Lipinski definition) is 1. The molecule has 0 spiro atoms. The fraction of sp³-hybridized carbons (Fsp3) is 0.478. The van der Waals surface area contributed by atoms with Crippen LogP contribution in [-0.4, -0.2) is 73.1 Å². The first-order valence-corrected chi connectivity index (χ1v) is 11.6. The van der Waals surface area contributed by atoms with Crippen LogP contribution < -0.4 is 15.2 Å². The Bertz CT molecular complexity index is 1210. The van der Waals surface area contributed by atoms with E-state index < -0.39 is 17.5 Å². The van der Waals surface area contributed by atoms with Crippen molar-refractivity contribution in [1.82, 2.24) is 35.1 Å². The van der Waals surface area contributed by atoms with Crippen LogP contribution in [0.2, 0.25) is 0 Å². The van der Waals surface area contributed by atoms with Crippen molar-refractivity contribution in [3.8, 4) is 17.4 Å². The number of tetrazole rings is 1. The first kappa shape index (κ1) is 23.9. The largest absolute Gasteiger partial charge is 0.550 e. The first-order chi connectivity index (χ1) is 17.3. The number of fused-ring (bicyclic) bond motifs is 1. The number of carboxylic acid groups (broad SMARTS) is 1. The summed E-state index contributed by atoms with van der Waals surface area (Å²) in [4.78, 5) is 27.5. The normalized spacial score (nSPS) is 23.4. The predicted octanol–water partition coefficient (Wildman–Crippen LogP) is 0.0309. The summed E-state index contributed by atoms with van der Waals surface area (Å²) in [6.07, 6.45) is 4.31. The molecule has 2 aromatic heterocycles. The van der Waals surface area contributed by atoms with Crippen LogP contribution in [0.5, 0.6) is 11.8 Å². The number of aliphatic carboxylic acids is 1. The number of carbonyl (C=O) groups excluding carboxylic acids is 2. The fourth-order valence-corrected chi connectivity index (χ4v) is 4.62. The van der Waals surface area contributed by atoms with Gasteiger partial charge in [0.2, 0.25) is 5.91 Å². The molecule has 3 aromatic rings. The molecule has 13 nitrogen and oxygen atoms in total. The lowest BCUT2D eigenvalue weighted by atomic mass is 9.85. The summed E-state index contributed by atoms with van der Waals surface area (Å²) < 4.78 is 21.3. The van der Waals surface area contributed by atoms with Gasteiger partial charge in [-0.1, -0.05) is 18.9 Å². The van der Waals surface area contributed by atoms with Crippen molar-refractivity contribution < 1.29 is 28.9 Å². The molecule has 0 saturated carbocycles. The van der Waals surface area contributed by atoms with E-state index in [1.807, 2.05) is 35.0 Å². The molecule has 1 aromatic carbocycles. The van der Waals surface area contributed by atoms with Gasteiger partial charge < -0.3 is 34.0 Å². The van der Waals surface area contributed by atoms with Gasteiger partial charge in [0.15, 0.2) is 0 Å². The number of amides is 1. The summed E-state index contributed by atoms with van der Waals surface area (Å²) in [7, 11) is 0. The Morgan fingerprint density at radius 2 is 1.94 bits per heavy atom. The minimum Gasteiger partial charge on any atom is -0.550 e. The van der Waals surface area contributed by atoms with Crippen molar-refractivity contribution in [3.63, 3.8) is 0 Å². The average molecular weight is 497 g/mol. The fourth-order valence-electron chi connectivity index (χ4n) is 4.62. The van der Waals surface area contributed by atoms with Crippen LogP contribution in [0.15, 0.2) is 43.0 Å². The molecule has 2 saturated heterocycles. The minimum atomic E-state index is -1.19. The predicted molar refractivity (Wildman–Crippen MR) is 120 cm³/mol. The molecule has 36 heavy (non-hydrogen) atoms. The molecule has 5 rings (SSSR count). The lowest BCUT2D eigenvalue weighted by molar-refractivity contribution is -0.307. The molecule has 0 aliphatic carbocycles. The molecular formula is C23H26N7O6-. The zero-order valence-electron chi connectivity index (χ0n) is 19.8. The number of rotatable bonds is 9. The average Bonchev–Trinajstić information content (AvgIpc) is 3.60. The Kier molecular flexibility index (Phi) is 6.41. The zero-order valence-corrected chi connectivity index (χ0v) is 19.8. The molecule has 0 bridgehead atoms. The molecule has 1 N–H and O–H groups in total. The molecule has 2 fully saturated rings. The number of ether oxygens (including phenoxy) is 3. The maximum Gasteiger partial charge on any atom is 0.341 e. The van der Waals surface area contributed by atoms with Gasteiger partial charge in [0.1, 0.15) is 24.0 Å². The number of imidazole rings is 1. The number of carbonyl (C=O) groups is 2. The van der Waals surface area contributed by atoms with Gasteiger partial charge in [-0.3, -0.25) is 4.79 Å². The number of benzene rings is 1. The second-order valence-corrected chi connectivity index (χ2v) is 9.70. The number of hydrogen-bond acceptors (Lipinski definition) is 10. The molecule has 190 valence electrons. The minimum absolute atomic E-state index is 0.0446. The van der Waals surface area contributed by atoms with Crippen LogP contribution in [0.25, 0.3) is 5.69 Å². The van der Waals surface area contributed by atoms with Crippen molar-refractivity contribution in [2.75, 3.05) is 13.2 Å². The van der Waals surface area contributed by atoms with E-state index in [1.165, 1.54) is 4.68 Å². The van der Waals surface area contributed by atoms with Gasteiger partial charge in [-0.25, -0.2) is 4.98 Å². The summed E-state index contributed by atoms with van der Waals surface area (Å²) >= 11 is 0. The number of nitrogens with one attached hydrogen (secondary N) is 1. The molecule has 4 atom stereocenters. The second-order valence-electron chi connectivity index (χ2n) is 9.70. The zero-order chi connectivity index (χ0) is 25.3. The van der Waals surface area contributed by atoms with E-state index in [0.717, 1.165) is 5.69 Å². The third kappa shape index (κ3) is 5.06. The Labute approximate surface area is 206 Å². The van der Waals surface area contributed by atoms with E-state index >= 15 is 0 Å². The van der Waals surface area contributed by atoms with Gasteiger partial charge >= 0.3 is 6.01 Å². The topological polar surface area (TPSA) is 158 Å². The lowest BCUT2D eigenvalue weighted by Gasteiger charge is -2.26. The van der Waals surface area contributed by atoms with E-state index in [9.17, 15) is 14.7 Å². The van der Waals surface area contributed by atoms with Crippen molar-refractivity contribution in [2.45, 2.75) is 51.0 Å². The summed E-state index contributed by atoms with van der Waals surface area (Å²) in [6.45, 7) is 3.96. The standard InChI is InChI=1S/C23H27N7O6/c1-23(2,10-19(32)33)9-18(31)25-16-11-34-21-17(12-35-20(16)21)30-22(26-27-28-30)36-15-5-3-14(4-6-15)29-8-7-24-13-29/h3-8,13,16-17,20-21H,9-12H2,1-2H3,(H,25,31)(H,32,33)/p-1/t16-,17-,20+,21+/m0/s1.